The van der Waals surface area contributed by atoms with E-state index in [1.54, 1.807) is 0 Å². The molecule has 0 aliphatic carbocycles. The van der Waals surface area contributed by atoms with Crippen molar-refractivity contribution in [2.45, 2.75) is 31.6 Å². The van der Waals surface area contributed by atoms with E-state index in [9.17, 15) is 4.79 Å². The van der Waals surface area contributed by atoms with Crippen LogP contribution in [0.25, 0.3) is 6.08 Å². The number of nitrogens with zero attached hydrogens (tertiary/aromatic N) is 2. The van der Waals surface area contributed by atoms with Crippen molar-refractivity contribution in [3.05, 3.63) is 114 Å². The zero-order valence-corrected chi connectivity index (χ0v) is 20.6. The number of amides is 1. The summed E-state index contributed by atoms with van der Waals surface area (Å²) in [6, 6.07) is 32.1. The Bertz CT molecular complexity index is 1060. The molecule has 2 fully saturated rings. The highest BCUT2D eigenvalue weighted by Gasteiger charge is 2.47. The average molecular weight is 465 g/mol. The Labute approximate surface area is 210 Å². The molecule has 1 spiro atoms. The zero-order valence-electron chi connectivity index (χ0n) is 20.6. The second-order valence-electron chi connectivity index (χ2n) is 10.1. The molecule has 5 rings (SSSR count). The summed E-state index contributed by atoms with van der Waals surface area (Å²) in [6.07, 6.45) is 8.35. The van der Waals surface area contributed by atoms with Crippen molar-refractivity contribution in [2.75, 3.05) is 32.7 Å². The molecule has 2 heterocycles. The minimum atomic E-state index is -0.130. The fourth-order valence-electron chi connectivity index (χ4n) is 5.82. The van der Waals surface area contributed by atoms with Gasteiger partial charge in [0, 0.05) is 19.0 Å². The average Bonchev–Trinajstić information content (AvgIpc) is 3.22. The largest absolute Gasteiger partial charge is 0.338 e. The Kier molecular flexibility index (Phi) is 7.44. The molecule has 0 unspecified atom stereocenters. The van der Waals surface area contributed by atoms with Crippen LogP contribution in [0.2, 0.25) is 0 Å². The van der Waals surface area contributed by atoms with Crippen LogP contribution in [-0.4, -0.2) is 48.4 Å². The molecule has 3 aromatic carbocycles. The summed E-state index contributed by atoms with van der Waals surface area (Å²) in [5.74, 6) is 0.787. The molecular weight excluding hydrogens is 428 g/mol. The van der Waals surface area contributed by atoms with Gasteiger partial charge in [0.15, 0.2) is 0 Å². The van der Waals surface area contributed by atoms with Crippen LogP contribution >= 0.6 is 0 Å². The predicted molar refractivity (Wildman–Crippen MR) is 144 cm³/mol. The van der Waals surface area contributed by atoms with Crippen LogP contribution in [0.3, 0.4) is 0 Å². The molecule has 0 N–H and O–H groups in total. The monoisotopic (exact) mass is 464 g/mol. The molecule has 180 valence electrons. The lowest BCUT2D eigenvalue weighted by molar-refractivity contribution is -0.137. The van der Waals surface area contributed by atoms with Crippen molar-refractivity contribution >= 4 is 12.0 Å². The Morgan fingerprint density at radius 3 is 1.89 bits per heavy atom. The van der Waals surface area contributed by atoms with Gasteiger partial charge in [0.05, 0.1) is 5.41 Å². The molecule has 0 bridgehead atoms. The third-order valence-corrected chi connectivity index (χ3v) is 7.99. The Balaban J connectivity index is 1.15. The summed E-state index contributed by atoms with van der Waals surface area (Å²) >= 11 is 0. The van der Waals surface area contributed by atoms with Crippen LogP contribution in [0.1, 0.15) is 48.3 Å². The Morgan fingerprint density at radius 2 is 1.29 bits per heavy atom. The van der Waals surface area contributed by atoms with Gasteiger partial charge >= 0.3 is 0 Å². The first-order valence-electron chi connectivity index (χ1n) is 13.1. The van der Waals surface area contributed by atoms with Crippen molar-refractivity contribution in [3.63, 3.8) is 0 Å². The van der Waals surface area contributed by atoms with Gasteiger partial charge in [0.2, 0.25) is 5.91 Å². The highest BCUT2D eigenvalue weighted by atomic mass is 16.2. The predicted octanol–water partition coefficient (Wildman–Crippen LogP) is 6.24. The van der Waals surface area contributed by atoms with Crippen LogP contribution in [0, 0.1) is 5.41 Å². The molecule has 0 radical (unpaired) electrons. The summed E-state index contributed by atoms with van der Waals surface area (Å²) in [5, 5.41) is 0. The van der Waals surface area contributed by atoms with Gasteiger partial charge in [-0.15, -0.1) is 0 Å². The number of piperidine rings is 1. The van der Waals surface area contributed by atoms with Crippen molar-refractivity contribution in [1.29, 1.82) is 0 Å². The third-order valence-electron chi connectivity index (χ3n) is 7.99. The second-order valence-corrected chi connectivity index (χ2v) is 10.1. The molecule has 3 heteroatoms. The Hall–Kier alpha value is -3.17. The molecule has 35 heavy (non-hydrogen) atoms. The van der Waals surface area contributed by atoms with Crippen molar-refractivity contribution < 1.29 is 4.79 Å². The zero-order chi connectivity index (χ0) is 23.9. The quantitative estimate of drug-likeness (QED) is 0.394. The van der Waals surface area contributed by atoms with E-state index in [4.69, 9.17) is 0 Å². The van der Waals surface area contributed by atoms with Gasteiger partial charge in [-0.05, 0) is 62.0 Å². The maximum absolute atomic E-state index is 13.3. The van der Waals surface area contributed by atoms with Crippen LogP contribution in [0.5, 0.6) is 0 Å². The van der Waals surface area contributed by atoms with E-state index in [2.05, 4.69) is 94.7 Å². The van der Waals surface area contributed by atoms with Crippen molar-refractivity contribution in [1.82, 2.24) is 9.80 Å². The summed E-state index contributed by atoms with van der Waals surface area (Å²) < 4.78 is 0. The van der Waals surface area contributed by atoms with E-state index in [-0.39, 0.29) is 5.41 Å². The van der Waals surface area contributed by atoms with Crippen LogP contribution < -0.4 is 0 Å². The topological polar surface area (TPSA) is 23.6 Å². The molecule has 0 saturated carbocycles. The van der Waals surface area contributed by atoms with E-state index in [1.807, 2.05) is 18.2 Å². The van der Waals surface area contributed by atoms with Gasteiger partial charge in [0.25, 0.3) is 0 Å². The number of likely N-dealkylation sites (tertiary alicyclic amines) is 2. The van der Waals surface area contributed by atoms with Crippen molar-refractivity contribution in [2.24, 2.45) is 5.41 Å². The van der Waals surface area contributed by atoms with Crippen LogP contribution in [0.4, 0.5) is 0 Å². The lowest BCUT2D eigenvalue weighted by atomic mass is 9.77. The van der Waals surface area contributed by atoms with Crippen LogP contribution in [-0.2, 0) is 4.79 Å². The maximum atomic E-state index is 13.3. The standard InChI is InChI=1S/C32H36N2O/c35-31-32(21-26-34(31)22-10-13-27-11-4-1-5-12-27)19-24-33(25-20-32)23-18-30(28-14-6-2-7-15-28)29-16-8-3-9-17-29/h1-17,30H,18-26H2. The van der Waals surface area contributed by atoms with Gasteiger partial charge in [0.1, 0.15) is 0 Å². The SMILES string of the molecule is O=C1N(CC=Cc2ccccc2)CCC12CCN(CCC(c1ccccc1)c1ccccc1)CC2. The van der Waals surface area contributed by atoms with E-state index in [1.165, 1.54) is 16.7 Å². The maximum Gasteiger partial charge on any atom is 0.229 e. The molecule has 3 nitrogen and oxygen atoms in total. The first kappa shape index (κ1) is 23.6. The van der Waals surface area contributed by atoms with Gasteiger partial charge < -0.3 is 9.80 Å². The minimum absolute atomic E-state index is 0.130. The van der Waals surface area contributed by atoms with E-state index in [0.29, 0.717) is 11.8 Å². The summed E-state index contributed by atoms with van der Waals surface area (Å²) in [7, 11) is 0. The molecule has 2 aliphatic rings. The first-order chi connectivity index (χ1) is 17.2. The smallest absolute Gasteiger partial charge is 0.229 e. The first-order valence-corrected chi connectivity index (χ1v) is 13.1. The summed E-state index contributed by atoms with van der Waals surface area (Å²) in [6.45, 7) is 4.73. The molecule has 1 amide bonds. The molecule has 3 aromatic rings. The number of rotatable bonds is 8. The van der Waals surface area contributed by atoms with E-state index < -0.39 is 0 Å². The second kappa shape index (κ2) is 11.0. The summed E-state index contributed by atoms with van der Waals surface area (Å²) in [4.78, 5) is 18.0. The van der Waals surface area contributed by atoms with E-state index in [0.717, 1.165) is 58.4 Å². The number of carbonyl (C=O) groups excluding carboxylic acids is 1. The minimum Gasteiger partial charge on any atom is -0.338 e. The highest BCUT2D eigenvalue weighted by Crippen LogP contribution is 2.41. The molecule has 0 aromatic heterocycles. The van der Waals surface area contributed by atoms with Crippen molar-refractivity contribution in [3.8, 4) is 0 Å². The number of hydrogen-bond donors (Lipinski definition) is 0. The molecular formula is C32H36N2O. The van der Waals surface area contributed by atoms with Gasteiger partial charge in [-0.1, -0.05) is 103 Å². The lowest BCUT2D eigenvalue weighted by Crippen LogP contribution is -2.45. The van der Waals surface area contributed by atoms with Crippen LogP contribution in [0.15, 0.2) is 97.1 Å². The van der Waals surface area contributed by atoms with Gasteiger partial charge in [-0.2, -0.15) is 0 Å². The van der Waals surface area contributed by atoms with Gasteiger partial charge in [-0.3, -0.25) is 4.79 Å². The highest BCUT2D eigenvalue weighted by molar-refractivity contribution is 5.85. The number of benzene rings is 3. The Morgan fingerprint density at radius 1 is 0.743 bits per heavy atom. The molecule has 2 aliphatic heterocycles. The number of hydrogen-bond acceptors (Lipinski definition) is 2. The normalized spacial score (nSPS) is 18.2. The fourth-order valence-corrected chi connectivity index (χ4v) is 5.82. The fraction of sp³-hybridized carbons (Fsp3) is 0.344. The number of carbonyl (C=O) groups is 1. The molecule has 0 atom stereocenters. The summed E-state index contributed by atoms with van der Waals surface area (Å²) in [5.41, 5.74) is 3.83. The third kappa shape index (κ3) is 5.57. The van der Waals surface area contributed by atoms with Gasteiger partial charge in [-0.25, -0.2) is 0 Å². The van der Waals surface area contributed by atoms with E-state index >= 15 is 0 Å². The lowest BCUT2D eigenvalue weighted by Gasteiger charge is -2.38. The molecule has 2 saturated heterocycles.